The van der Waals surface area contributed by atoms with Gasteiger partial charge < -0.3 is 24.4 Å². The molecule has 11 nitrogen and oxygen atoms in total. The number of carbonyl (C=O) groups excluding carboxylic acids is 1. The molecule has 41 heavy (non-hydrogen) atoms. The Bertz CT molecular complexity index is 1790. The van der Waals surface area contributed by atoms with Crippen LogP contribution in [0.5, 0.6) is 5.75 Å². The lowest BCUT2D eigenvalue weighted by Gasteiger charge is -2.24. The second-order valence-corrected chi connectivity index (χ2v) is 11.5. The Morgan fingerprint density at radius 2 is 1.93 bits per heavy atom. The molecule has 0 radical (unpaired) electrons. The molecule has 15 heteroatoms. The third-order valence-electron chi connectivity index (χ3n) is 7.21. The molecule has 6 rings (SSSR count). The summed E-state index contributed by atoms with van der Waals surface area (Å²) in [4.78, 5) is 44.5. The Morgan fingerprint density at radius 1 is 1.17 bits per heavy atom. The predicted octanol–water partition coefficient (Wildman–Crippen LogP) is 4.66. The highest BCUT2D eigenvalue weighted by molar-refractivity contribution is 7.46. The molecule has 2 bridgehead atoms. The molecule has 2 aliphatic heterocycles. The Balaban J connectivity index is 1.49. The van der Waals surface area contributed by atoms with Crippen LogP contribution in [0.1, 0.15) is 65.6 Å². The van der Waals surface area contributed by atoms with E-state index in [1.165, 1.54) is 44.3 Å². The molecule has 0 fully saturated rings. The topological polar surface area (TPSA) is 149 Å². The zero-order valence-corrected chi connectivity index (χ0v) is 22.7. The third-order valence-corrected chi connectivity index (χ3v) is 7.90. The molecule has 0 spiro atoms. The van der Waals surface area contributed by atoms with Gasteiger partial charge in [0.2, 0.25) is 0 Å². The molecule has 2 aliphatic rings. The van der Waals surface area contributed by atoms with Gasteiger partial charge in [-0.2, -0.15) is 8.78 Å². The van der Waals surface area contributed by atoms with Crippen LogP contribution < -0.4 is 10.1 Å². The molecule has 1 amide bonds. The van der Waals surface area contributed by atoms with Crippen LogP contribution >= 0.6 is 7.82 Å². The average molecular weight is 589 g/mol. The molecule has 2 aromatic carbocycles. The number of nitrogens with one attached hydrogen (secondary N) is 1. The highest BCUT2D eigenvalue weighted by atomic mass is 31.2. The largest absolute Gasteiger partial charge is 0.470 e. The average Bonchev–Trinajstić information content (AvgIpc) is 3.33. The molecule has 2 aromatic heterocycles. The van der Waals surface area contributed by atoms with Gasteiger partial charge in [-0.05, 0) is 45.4 Å². The third kappa shape index (κ3) is 4.66. The summed E-state index contributed by atoms with van der Waals surface area (Å²) in [6.07, 6.45) is 1.67. The lowest BCUT2D eigenvalue weighted by Crippen LogP contribution is -2.28. The zero-order valence-electron chi connectivity index (χ0n) is 21.8. The Kier molecular flexibility index (Phi) is 6.23. The normalized spacial score (nSPS) is 18.3. The first kappa shape index (κ1) is 27.3. The van der Waals surface area contributed by atoms with Gasteiger partial charge >= 0.3 is 14.4 Å². The van der Waals surface area contributed by atoms with E-state index < -0.39 is 43.8 Å². The molecule has 0 saturated heterocycles. The fraction of sp³-hybridized carbons (Fsp3) is 0.308. The summed E-state index contributed by atoms with van der Waals surface area (Å²) < 4.78 is 64.8. The van der Waals surface area contributed by atoms with Gasteiger partial charge in [0.1, 0.15) is 23.0 Å². The Morgan fingerprint density at radius 3 is 2.61 bits per heavy atom. The van der Waals surface area contributed by atoms with Crippen LogP contribution in [-0.4, -0.2) is 41.8 Å². The van der Waals surface area contributed by atoms with Crippen molar-refractivity contribution in [2.24, 2.45) is 0 Å². The number of phosphoric ester groups is 1. The van der Waals surface area contributed by atoms with Crippen LogP contribution in [0.15, 0.2) is 36.5 Å². The predicted molar refractivity (Wildman–Crippen MR) is 138 cm³/mol. The first-order valence-electron chi connectivity index (χ1n) is 12.4. The number of phosphoric acid groups is 1. The van der Waals surface area contributed by atoms with E-state index in [0.29, 0.717) is 34.5 Å². The van der Waals surface area contributed by atoms with Crippen molar-refractivity contribution in [2.45, 2.75) is 51.5 Å². The maximum absolute atomic E-state index is 15.5. The number of hydrogen-bond acceptors (Lipinski definition) is 7. The van der Waals surface area contributed by atoms with Crippen molar-refractivity contribution < 1.29 is 41.6 Å². The first-order chi connectivity index (χ1) is 19.2. The van der Waals surface area contributed by atoms with Crippen molar-refractivity contribution in [2.75, 3.05) is 0 Å². The van der Waals surface area contributed by atoms with Crippen molar-refractivity contribution >= 4 is 24.8 Å². The van der Waals surface area contributed by atoms with Crippen LogP contribution in [0, 0.1) is 12.7 Å². The SMILES string of the molecule is Cc1nc(C(C)(C)OP(=O)(O)O)ncc1-c1cc2c(cc1F)nc1n2[C@@H]2C[C@H]1NC(=O)c1cccc(OC(F)F)c12. The minimum absolute atomic E-state index is 0.0160. The summed E-state index contributed by atoms with van der Waals surface area (Å²) in [5.74, 6) is -0.774. The molecule has 4 aromatic rings. The summed E-state index contributed by atoms with van der Waals surface area (Å²) in [5, 5.41) is 2.88. The number of amides is 1. The number of aromatic nitrogens is 4. The Hall–Kier alpha value is -3.84. The van der Waals surface area contributed by atoms with Gasteiger partial charge in [-0.25, -0.2) is 23.9 Å². The van der Waals surface area contributed by atoms with Crippen LogP contribution in [0.25, 0.3) is 22.2 Å². The number of nitrogens with zero attached hydrogens (tertiary/aromatic N) is 4. The maximum atomic E-state index is 15.5. The summed E-state index contributed by atoms with van der Waals surface area (Å²) in [7, 11) is -4.85. The van der Waals surface area contributed by atoms with Crippen molar-refractivity contribution in [1.82, 2.24) is 24.8 Å². The van der Waals surface area contributed by atoms with Gasteiger partial charge in [0, 0.05) is 40.2 Å². The smallest absolute Gasteiger partial charge is 0.434 e. The summed E-state index contributed by atoms with van der Waals surface area (Å²) in [6, 6.07) is 6.02. The molecule has 0 aliphatic carbocycles. The van der Waals surface area contributed by atoms with Crippen LogP contribution in [0.4, 0.5) is 13.2 Å². The molecule has 214 valence electrons. The van der Waals surface area contributed by atoms with E-state index in [9.17, 15) is 27.9 Å². The number of aryl methyl sites for hydroxylation is 1. The van der Waals surface area contributed by atoms with E-state index in [4.69, 9.17) is 9.26 Å². The lowest BCUT2D eigenvalue weighted by molar-refractivity contribution is -0.0507. The van der Waals surface area contributed by atoms with E-state index in [1.54, 1.807) is 17.6 Å². The van der Waals surface area contributed by atoms with Gasteiger partial charge in [-0.1, -0.05) is 6.07 Å². The van der Waals surface area contributed by atoms with E-state index in [-0.39, 0.29) is 28.3 Å². The summed E-state index contributed by atoms with van der Waals surface area (Å²) >= 11 is 0. The summed E-state index contributed by atoms with van der Waals surface area (Å²) in [6.45, 7) is 1.28. The molecule has 2 atom stereocenters. The van der Waals surface area contributed by atoms with Gasteiger partial charge in [0.15, 0.2) is 5.82 Å². The number of benzene rings is 2. The van der Waals surface area contributed by atoms with Gasteiger partial charge in [-0.15, -0.1) is 0 Å². The van der Waals surface area contributed by atoms with E-state index in [1.807, 2.05) is 0 Å². The van der Waals surface area contributed by atoms with E-state index in [2.05, 4.69) is 20.3 Å². The zero-order chi connectivity index (χ0) is 29.4. The van der Waals surface area contributed by atoms with E-state index in [0.717, 1.165) is 0 Å². The number of fused-ring (bicyclic) bond motifs is 9. The number of imidazole rings is 1. The highest BCUT2D eigenvalue weighted by Gasteiger charge is 2.42. The highest BCUT2D eigenvalue weighted by Crippen LogP contribution is 2.48. The number of hydrogen-bond donors (Lipinski definition) is 3. The molecule has 0 unspecified atom stereocenters. The standard InChI is InChI=1S/C26H23F3N5O6P/c1-11-14(10-30-24(31-11)26(2,3)40-41(36,37)38)13-7-18-16(8-15(13)27)32-22-17-9-19(34(18)22)21-12(23(35)33-17)5-4-6-20(21)39-25(28)29/h4-8,10,17,19,25H,9H2,1-3H3,(H,33,35)(H2,36,37,38)/t17-,19-/m1/s1. The monoisotopic (exact) mass is 589 g/mol. The maximum Gasteiger partial charge on any atom is 0.470 e. The number of carbonyl (C=O) groups is 1. The van der Waals surface area contributed by atoms with Crippen LogP contribution in [-0.2, 0) is 14.7 Å². The summed E-state index contributed by atoms with van der Waals surface area (Å²) in [5.41, 5.74) is 0.487. The van der Waals surface area contributed by atoms with Gasteiger partial charge in [0.05, 0.1) is 23.1 Å². The number of alkyl halides is 2. The minimum atomic E-state index is -4.85. The van der Waals surface area contributed by atoms with Gasteiger partial charge in [0.25, 0.3) is 5.91 Å². The van der Waals surface area contributed by atoms with Gasteiger partial charge in [-0.3, -0.25) is 9.32 Å². The number of halogens is 3. The molecular formula is C26H23F3N5O6P. The minimum Gasteiger partial charge on any atom is -0.434 e. The first-order valence-corrected chi connectivity index (χ1v) is 14.0. The molecular weight excluding hydrogens is 566 g/mol. The molecule has 0 saturated carbocycles. The number of rotatable bonds is 6. The Labute approximate surface area is 230 Å². The van der Waals surface area contributed by atoms with E-state index >= 15 is 4.39 Å². The molecule has 4 heterocycles. The van der Waals surface area contributed by atoms with Crippen molar-refractivity contribution in [3.05, 3.63) is 70.8 Å². The lowest BCUT2D eigenvalue weighted by atomic mass is 9.97. The van der Waals surface area contributed by atoms with Crippen molar-refractivity contribution in [3.63, 3.8) is 0 Å². The van der Waals surface area contributed by atoms with Crippen LogP contribution in [0.3, 0.4) is 0 Å². The van der Waals surface area contributed by atoms with Crippen LogP contribution in [0.2, 0.25) is 0 Å². The van der Waals surface area contributed by atoms with Crippen molar-refractivity contribution in [1.29, 1.82) is 0 Å². The quantitative estimate of drug-likeness (QED) is 0.273. The second-order valence-electron chi connectivity index (χ2n) is 10.3. The fourth-order valence-electron chi connectivity index (χ4n) is 5.60. The van der Waals surface area contributed by atoms with Crippen molar-refractivity contribution in [3.8, 4) is 16.9 Å². The molecule has 3 N–H and O–H groups in total. The second kappa shape index (κ2) is 9.35. The fourth-order valence-corrected chi connectivity index (χ4v) is 6.28. The number of ether oxygens (including phenoxy) is 1.